The number of methoxy groups -OCH3 is 1. The minimum atomic E-state index is -0.154. The van der Waals surface area contributed by atoms with Crippen molar-refractivity contribution in [1.82, 2.24) is 10.2 Å². The zero-order chi connectivity index (χ0) is 18.5. The normalized spacial score (nSPS) is 15.7. The number of amides is 1. The van der Waals surface area contributed by atoms with E-state index in [1.807, 2.05) is 18.2 Å². The highest BCUT2D eigenvalue weighted by atomic mass is 35.5. The molecule has 0 aliphatic carbocycles. The Morgan fingerprint density at radius 1 is 1.27 bits per heavy atom. The molecule has 1 aromatic carbocycles. The molecule has 0 saturated carbocycles. The van der Waals surface area contributed by atoms with E-state index in [0.717, 1.165) is 30.8 Å². The Bertz CT molecular complexity index is 757. The quantitative estimate of drug-likeness (QED) is 0.809. The van der Waals surface area contributed by atoms with E-state index in [0.29, 0.717) is 27.9 Å². The first kappa shape index (κ1) is 19.0. The summed E-state index contributed by atoms with van der Waals surface area (Å²) >= 11 is 7.37. The third kappa shape index (κ3) is 4.90. The van der Waals surface area contributed by atoms with Crippen molar-refractivity contribution in [1.29, 1.82) is 0 Å². The van der Waals surface area contributed by atoms with E-state index >= 15 is 0 Å². The first-order valence-electron chi connectivity index (χ1n) is 8.61. The summed E-state index contributed by atoms with van der Waals surface area (Å²) in [5, 5.41) is 2.90. The molecule has 140 valence electrons. The van der Waals surface area contributed by atoms with Crippen LogP contribution in [0.25, 0.3) is 0 Å². The molecule has 1 saturated heterocycles. The summed E-state index contributed by atoms with van der Waals surface area (Å²) < 4.78 is 12.2. The average Bonchev–Trinajstić information content (AvgIpc) is 3.07. The molecule has 0 bridgehead atoms. The fourth-order valence-corrected chi connectivity index (χ4v) is 3.93. The summed E-state index contributed by atoms with van der Waals surface area (Å²) in [6.45, 7) is 2.51. The van der Waals surface area contributed by atoms with Crippen LogP contribution in [0, 0.1) is 0 Å². The minimum absolute atomic E-state index is 0.154. The van der Waals surface area contributed by atoms with Gasteiger partial charge in [-0.2, -0.15) is 0 Å². The summed E-state index contributed by atoms with van der Waals surface area (Å²) in [4.78, 5) is 15.7. The lowest BCUT2D eigenvalue weighted by atomic mass is 10.1. The van der Waals surface area contributed by atoms with Gasteiger partial charge in [-0.1, -0.05) is 11.6 Å². The standard InChI is InChI=1S/C19H23ClN2O3S/c1-22-9-7-14(8-10-22)25-16-5-3-13(11-17(16)24-2)19(23)21-12-15-4-6-18(20)26-15/h3-6,11,14H,7-10,12H2,1-2H3,(H,21,23). The molecule has 1 fully saturated rings. The Morgan fingerprint density at radius 3 is 2.69 bits per heavy atom. The first-order valence-corrected chi connectivity index (χ1v) is 9.80. The molecular formula is C19H23ClN2O3S. The van der Waals surface area contributed by atoms with E-state index in [-0.39, 0.29) is 12.0 Å². The molecule has 0 radical (unpaired) electrons. The molecule has 1 aliphatic heterocycles. The number of nitrogens with one attached hydrogen (secondary N) is 1. The molecule has 7 heteroatoms. The van der Waals surface area contributed by atoms with Crippen molar-refractivity contribution in [3.63, 3.8) is 0 Å². The SMILES string of the molecule is COc1cc(C(=O)NCc2ccc(Cl)s2)ccc1OC1CCN(C)CC1. The number of thiophene rings is 1. The zero-order valence-electron chi connectivity index (χ0n) is 15.0. The number of rotatable bonds is 6. The minimum Gasteiger partial charge on any atom is -0.493 e. The van der Waals surface area contributed by atoms with Gasteiger partial charge >= 0.3 is 0 Å². The van der Waals surface area contributed by atoms with E-state index in [1.165, 1.54) is 11.3 Å². The maximum absolute atomic E-state index is 12.4. The zero-order valence-corrected chi connectivity index (χ0v) is 16.5. The van der Waals surface area contributed by atoms with Gasteiger partial charge in [0, 0.05) is 23.5 Å². The number of hydrogen-bond acceptors (Lipinski definition) is 5. The Labute approximate surface area is 162 Å². The van der Waals surface area contributed by atoms with Crippen LogP contribution in [0.2, 0.25) is 4.34 Å². The number of benzene rings is 1. The Morgan fingerprint density at radius 2 is 2.04 bits per heavy atom. The van der Waals surface area contributed by atoms with Gasteiger partial charge in [0.15, 0.2) is 11.5 Å². The molecule has 26 heavy (non-hydrogen) atoms. The predicted octanol–water partition coefficient (Wildman–Crippen LogP) is 3.81. The largest absolute Gasteiger partial charge is 0.493 e. The molecule has 1 aliphatic rings. The van der Waals surface area contributed by atoms with Crippen LogP contribution in [0.1, 0.15) is 28.1 Å². The van der Waals surface area contributed by atoms with Crippen molar-refractivity contribution in [2.75, 3.05) is 27.2 Å². The van der Waals surface area contributed by atoms with Crippen LogP contribution < -0.4 is 14.8 Å². The lowest BCUT2D eigenvalue weighted by Crippen LogP contribution is -2.35. The van der Waals surface area contributed by atoms with Gasteiger partial charge < -0.3 is 19.7 Å². The maximum Gasteiger partial charge on any atom is 0.251 e. The summed E-state index contributed by atoms with van der Waals surface area (Å²) in [6, 6.07) is 9.04. The van der Waals surface area contributed by atoms with Crippen LogP contribution in [0.5, 0.6) is 11.5 Å². The number of halogens is 1. The van der Waals surface area contributed by atoms with Crippen LogP contribution in [-0.4, -0.2) is 44.2 Å². The van der Waals surface area contributed by atoms with E-state index < -0.39 is 0 Å². The van der Waals surface area contributed by atoms with Crippen molar-refractivity contribution in [2.45, 2.75) is 25.5 Å². The molecule has 1 N–H and O–H groups in total. The second-order valence-corrected chi connectivity index (χ2v) is 8.17. The third-order valence-corrected chi connectivity index (χ3v) is 5.67. The van der Waals surface area contributed by atoms with Crippen LogP contribution in [0.15, 0.2) is 30.3 Å². The molecule has 0 spiro atoms. The van der Waals surface area contributed by atoms with Crippen LogP contribution in [-0.2, 0) is 6.54 Å². The predicted molar refractivity (Wildman–Crippen MR) is 105 cm³/mol. The van der Waals surface area contributed by atoms with E-state index in [2.05, 4.69) is 17.3 Å². The van der Waals surface area contributed by atoms with Crippen molar-refractivity contribution in [3.8, 4) is 11.5 Å². The number of carbonyl (C=O) groups excluding carboxylic acids is 1. The third-order valence-electron chi connectivity index (χ3n) is 4.44. The summed E-state index contributed by atoms with van der Waals surface area (Å²) in [5.41, 5.74) is 0.542. The second-order valence-electron chi connectivity index (χ2n) is 6.37. The van der Waals surface area contributed by atoms with Crippen molar-refractivity contribution < 1.29 is 14.3 Å². The molecule has 0 unspecified atom stereocenters. The van der Waals surface area contributed by atoms with Gasteiger partial charge in [-0.3, -0.25) is 4.79 Å². The Balaban J connectivity index is 1.62. The van der Waals surface area contributed by atoms with Crippen LogP contribution in [0.4, 0.5) is 0 Å². The lowest BCUT2D eigenvalue weighted by molar-refractivity contribution is 0.0950. The summed E-state index contributed by atoms with van der Waals surface area (Å²) in [5.74, 6) is 1.11. The van der Waals surface area contributed by atoms with Gasteiger partial charge in [0.05, 0.1) is 18.0 Å². The monoisotopic (exact) mass is 394 g/mol. The van der Waals surface area contributed by atoms with E-state index in [1.54, 1.807) is 19.2 Å². The van der Waals surface area contributed by atoms with E-state index in [9.17, 15) is 4.79 Å². The molecule has 2 aromatic rings. The number of hydrogen-bond donors (Lipinski definition) is 1. The van der Waals surface area contributed by atoms with Crippen molar-refractivity contribution >= 4 is 28.8 Å². The lowest BCUT2D eigenvalue weighted by Gasteiger charge is -2.29. The molecule has 1 amide bonds. The molecule has 0 atom stereocenters. The summed E-state index contributed by atoms with van der Waals surface area (Å²) in [6.07, 6.45) is 2.17. The van der Waals surface area contributed by atoms with Crippen LogP contribution >= 0.6 is 22.9 Å². The highest BCUT2D eigenvalue weighted by Crippen LogP contribution is 2.30. The van der Waals surface area contributed by atoms with Gasteiger partial charge in [0.1, 0.15) is 6.10 Å². The molecule has 2 heterocycles. The average molecular weight is 395 g/mol. The van der Waals surface area contributed by atoms with Gasteiger partial charge in [-0.15, -0.1) is 11.3 Å². The maximum atomic E-state index is 12.4. The van der Waals surface area contributed by atoms with Gasteiger partial charge in [0.25, 0.3) is 5.91 Å². The Kier molecular flexibility index (Phi) is 6.40. The molecule has 1 aromatic heterocycles. The second kappa shape index (κ2) is 8.75. The summed E-state index contributed by atoms with van der Waals surface area (Å²) in [7, 11) is 3.71. The molecule has 5 nitrogen and oxygen atoms in total. The number of piperidine rings is 1. The van der Waals surface area contributed by atoms with Crippen molar-refractivity contribution in [2.24, 2.45) is 0 Å². The number of likely N-dealkylation sites (tertiary alicyclic amines) is 1. The van der Waals surface area contributed by atoms with Gasteiger partial charge in [-0.05, 0) is 50.2 Å². The number of ether oxygens (including phenoxy) is 2. The first-order chi connectivity index (χ1) is 12.5. The highest BCUT2D eigenvalue weighted by Gasteiger charge is 2.20. The fraction of sp³-hybridized carbons (Fsp3) is 0.421. The molecule has 3 rings (SSSR count). The smallest absolute Gasteiger partial charge is 0.251 e. The van der Waals surface area contributed by atoms with Gasteiger partial charge in [0.2, 0.25) is 0 Å². The number of nitrogens with zero attached hydrogens (tertiary/aromatic N) is 1. The van der Waals surface area contributed by atoms with Crippen LogP contribution in [0.3, 0.4) is 0 Å². The topological polar surface area (TPSA) is 50.8 Å². The van der Waals surface area contributed by atoms with Crippen molar-refractivity contribution in [3.05, 3.63) is 45.1 Å². The Hall–Kier alpha value is -1.76. The molecular weight excluding hydrogens is 372 g/mol. The van der Waals surface area contributed by atoms with E-state index in [4.69, 9.17) is 21.1 Å². The fourth-order valence-electron chi connectivity index (χ4n) is 2.90. The van der Waals surface area contributed by atoms with Gasteiger partial charge in [-0.25, -0.2) is 0 Å². The number of carbonyl (C=O) groups is 1. The highest BCUT2D eigenvalue weighted by molar-refractivity contribution is 7.16.